The van der Waals surface area contributed by atoms with E-state index in [9.17, 15) is 21.6 Å². The van der Waals surface area contributed by atoms with E-state index in [4.69, 9.17) is 16.3 Å². The molecule has 0 aliphatic carbocycles. The van der Waals surface area contributed by atoms with E-state index < -0.39 is 20.0 Å². The number of anilines is 2. The average Bonchev–Trinajstić information content (AvgIpc) is 3.38. The molecule has 1 amide bonds. The summed E-state index contributed by atoms with van der Waals surface area (Å²) in [7, 11) is -6.58. The number of ether oxygens (including phenoxy) is 1. The van der Waals surface area contributed by atoms with Crippen LogP contribution in [0.3, 0.4) is 0 Å². The molecule has 0 saturated carbocycles. The minimum atomic E-state index is -4.08. The number of methoxy groups -OCH3 is 1. The van der Waals surface area contributed by atoms with Crippen LogP contribution in [0.1, 0.15) is 23.2 Å². The maximum Gasteiger partial charge on any atom is 0.261 e. The van der Waals surface area contributed by atoms with E-state index in [1.807, 2.05) is 0 Å². The molecule has 1 aliphatic heterocycles. The van der Waals surface area contributed by atoms with Crippen LogP contribution in [-0.2, 0) is 20.0 Å². The minimum Gasteiger partial charge on any atom is -0.496 e. The average molecular weight is 550 g/mol. The van der Waals surface area contributed by atoms with Gasteiger partial charge < -0.3 is 9.64 Å². The second kappa shape index (κ2) is 10.4. The van der Waals surface area contributed by atoms with Gasteiger partial charge in [0.25, 0.3) is 26.0 Å². The largest absolute Gasteiger partial charge is 0.496 e. The van der Waals surface area contributed by atoms with Gasteiger partial charge in [-0.15, -0.1) is 0 Å². The predicted octanol–water partition coefficient (Wildman–Crippen LogP) is 4.19. The number of nitrogens with zero attached hydrogens (tertiary/aromatic N) is 1. The van der Waals surface area contributed by atoms with Crippen molar-refractivity contribution in [1.29, 1.82) is 0 Å². The molecule has 1 saturated heterocycles. The first-order valence-electron chi connectivity index (χ1n) is 11.0. The highest BCUT2D eigenvalue weighted by Crippen LogP contribution is 2.27. The Hall–Kier alpha value is -3.28. The second-order valence-electron chi connectivity index (χ2n) is 8.11. The number of hydrogen-bond donors (Lipinski definition) is 2. The van der Waals surface area contributed by atoms with E-state index >= 15 is 0 Å². The Morgan fingerprint density at radius 2 is 1.44 bits per heavy atom. The van der Waals surface area contributed by atoms with Crippen molar-refractivity contribution in [2.75, 3.05) is 29.6 Å². The first-order valence-corrected chi connectivity index (χ1v) is 14.3. The Balaban J connectivity index is 1.54. The molecule has 0 aromatic heterocycles. The van der Waals surface area contributed by atoms with Crippen molar-refractivity contribution in [3.63, 3.8) is 0 Å². The van der Waals surface area contributed by atoms with Gasteiger partial charge in [0.15, 0.2) is 0 Å². The van der Waals surface area contributed by atoms with Gasteiger partial charge in [0.1, 0.15) is 5.75 Å². The van der Waals surface area contributed by atoms with Gasteiger partial charge in [0, 0.05) is 23.8 Å². The number of benzene rings is 3. The molecule has 9 nitrogen and oxygen atoms in total. The molecule has 0 radical (unpaired) electrons. The van der Waals surface area contributed by atoms with E-state index in [0.29, 0.717) is 23.8 Å². The van der Waals surface area contributed by atoms with Gasteiger partial charge in [-0.1, -0.05) is 17.7 Å². The third-order valence-corrected chi connectivity index (χ3v) is 8.61. The Morgan fingerprint density at radius 3 is 2.08 bits per heavy atom. The van der Waals surface area contributed by atoms with E-state index in [1.54, 1.807) is 23.1 Å². The van der Waals surface area contributed by atoms with Crippen molar-refractivity contribution in [2.24, 2.45) is 0 Å². The zero-order valence-corrected chi connectivity index (χ0v) is 21.7. The minimum absolute atomic E-state index is 0.0617. The summed E-state index contributed by atoms with van der Waals surface area (Å²) in [6.07, 6.45) is 1.79. The molecule has 36 heavy (non-hydrogen) atoms. The molecule has 0 unspecified atom stereocenters. The van der Waals surface area contributed by atoms with Crippen molar-refractivity contribution in [3.05, 3.63) is 77.3 Å². The van der Waals surface area contributed by atoms with Crippen LogP contribution in [0.2, 0.25) is 5.02 Å². The molecule has 0 atom stereocenters. The molecule has 1 aliphatic rings. The third kappa shape index (κ3) is 5.75. The molecule has 0 bridgehead atoms. The molecule has 0 spiro atoms. The smallest absolute Gasteiger partial charge is 0.261 e. The number of amides is 1. The Labute approximate surface area is 215 Å². The fourth-order valence-corrected chi connectivity index (χ4v) is 6.12. The summed E-state index contributed by atoms with van der Waals surface area (Å²) in [5, 5.41) is 0.378. The normalized spacial score (nSPS) is 13.9. The van der Waals surface area contributed by atoms with Gasteiger partial charge in [-0.05, 0) is 73.5 Å². The van der Waals surface area contributed by atoms with Crippen LogP contribution >= 0.6 is 11.6 Å². The topological polar surface area (TPSA) is 122 Å². The lowest BCUT2D eigenvalue weighted by molar-refractivity contribution is 0.0789. The van der Waals surface area contributed by atoms with Gasteiger partial charge >= 0.3 is 0 Å². The molecule has 2 N–H and O–H groups in total. The number of hydrogen-bond acceptors (Lipinski definition) is 6. The maximum absolute atomic E-state index is 13.0. The van der Waals surface area contributed by atoms with Crippen LogP contribution in [0.4, 0.5) is 11.4 Å². The fourth-order valence-electron chi connectivity index (χ4n) is 3.79. The molecular weight excluding hydrogens is 526 g/mol. The van der Waals surface area contributed by atoms with Crippen molar-refractivity contribution >= 4 is 48.9 Å². The van der Waals surface area contributed by atoms with E-state index in [1.165, 1.54) is 55.6 Å². The fraction of sp³-hybridized carbons (Fsp3) is 0.208. The lowest BCUT2D eigenvalue weighted by atomic mass is 10.1. The SMILES string of the molecule is COc1ccc(S(=O)(=O)Nc2ccc(S(=O)(=O)Nc3cccc(Cl)c3)cc2)cc1C(=O)N1CCCC1. The standard InChI is InChI=1S/C24H24ClN3O6S2/c1-34-23-12-11-21(16-22(23)24(29)28-13-2-3-14-28)36(32,33)26-18-7-9-20(10-8-18)35(30,31)27-19-6-4-5-17(25)15-19/h4-12,15-16,26-27H,2-3,13-14H2,1H3. The van der Waals surface area contributed by atoms with Gasteiger partial charge in [0.05, 0.1) is 28.2 Å². The van der Waals surface area contributed by atoms with E-state index in [2.05, 4.69) is 9.44 Å². The predicted molar refractivity (Wildman–Crippen MR) is 138 cm³/mol. The first-order chi connectivity index (χ1) is 17.1. The monoisotopic (exact) mass is 549 g/mol. The number of nitrogens with one attached hydrogen (secondary N) is 2. The highest BCUT2D eigenvalue weighted by atomic mass is 35.5. The molecule has 1 fully saturated rings. The van der Waals surface area contributed by atoms with E-state index in [-0.39, 0.29) is 32.7 Å². The molecule has 1 heterocycles. The van der Waals surface area contributed by atoms with Gasteiger partial charge in [0.2, 0.25) is 0 Å². The molecular formula is C24H24ClN3O6S2. The Bertz CT molecular complexity index is 1490. The quantitative estimate of drug-likeness (QED) is 0.434. The number of likely N-dealkylation sites (tertiary alicyclic amines) is 1. The highest BCUT2D eigenvalue weighted by molar-refractivity contribution is 7.93. The van der Waals surface area contributed by atoms with Crippen LogP contribution in [0.5, 0.6) is 5.75 Å². The summed E-state index contributed by atoms with van der Waals surface area (Å²) < 4.78 is 61.5. The maximum atomic E-state index is 13.0. The van der Waals surface area contributed by atoms with Crippen LogP contribution in [-0.4, -0.2) is 47.8 Å². The molecule has 12 heteroatoms. The summed E-state index contributed by atoms with van der Waals surface area (Å²) in [6.45, 7) is 1.22. The summed E-state index contributed by atoms with van der Waals surface area (Å²) in [4.78, 5) is 14.4. The van der Waals surface area contributed by atoms with Crippen LogP contribution in [0.15, 0.2) is 76.5 Å². The highest BCUT2D eigenvalue weighted by Gasteiger charge is 2.25. The summed E-state index contributed by atoms with van der Waals surface area (Å²) >= 11 is 5.90. The summed E-state index contributed by atoms with van der Waals surface area (Å²) in [5.74, 6) is -0.00391. The summed E-state index contributed by atoms with van der Waals surface area (Å²) in [5.41, 5.74) is 0.613. The lowest BCUT2D eigenvalue weighted by Gasteiger charge is -2.18. The number of rotatable bonds is 8. The molecule has 4 rings (SSSR count). The van der Waals surface area contributed by atoms with Gasteiger partial charge in [-0.2, -0.15) is 0 Å². The summed E-state index contributed by atoms with van der Waals surface area (Å²) in [6, 6.07) is 15.6. The number of carbonyl (C=O) groups is 1. The van der Waals surface area contributed by atoms with Crippen LogP contribution < -0.4 is 14.2 Å². The molecule has 190 valence electrons. The van der Waals surface area contributed by atoms with Crippen molar-refractivity contribution in [1.82, 2.24) is 4.90 Å². The van der Waals surface area contributed by atoms with Gasteiger partial charge in [-0.3, -0.25) is 14.2 Å². The zero-order chi connectivity index (χ0) is 25.9. The lowest BCUT2D eigenvalue weighted by Crippen LogP contribution is -2.28. The first kappa shape index (κ1) is 25.8. The molecule has 3 aromatic rings. The Kier molecular flexibility index (Phi) is 7.43. The second-order valence-corrected chi connectivity index (χ2v) is 11.9. The van der Waals surface area contributed by atoms with Crippen molar-refractivity contribution < 1.29 is 26.4 Å². The number of sulfonamides is 2. The van der Waals surface area contributed by atoms with Crippen molar-refractivity contribution in [2.45, 2.75) is 22.6 Å². The van der Waals surface area contributed by atoms with Gasteiger partial charge in [-0.25, -0.2) is 16.8 Å². The number of carbonyl (C=O) groups excluding carboxylic acids is 1. The van der Waals surface area contributed by atoms with Crippen molar-refractivity contribution in [3.8, 4) is 5.75 Å². The zero-order valence-electron chi connectivity index (χ0n) is 19.3. The Morgan fingerprint density at radius 1 is 0.833 bits per heavy atom. The molecule has 3 aromatic carbocycles. The van der Waals surface area contributed by atoms with Crippen LogP contribution in [0, 0.1) is 0 Å². The third-order valence-electron chi connectivity index (χ3n) is 5.60. The number of halogens is 1. The van der Waals surface area contributed by atoms with E-state index in [0.717, 1.165) is 12.8 Å². The van der Waals surface area contributed by atoms with Crippen LogP contribution in [0.25, 0.3) is 0 Å².